The molecule has 0 unspecified atom stereocenters. The third-order valence-corrected chi connectivity index (χ3v) is 4.97. The Labute approximate surface area is 175 Å². The quantitative estimate of drug-likeness (QED) is 0.509. The molecule has 0 saturated carbocycles. The molecule has 1 heterocycles. The third kappa shape index (κ3) is 3.67. The number of imidazole rings is 1. The SMILES string of the molecule is COc1ccc(-c2cc3nc(Oc4ccc(C)c(C(=O)[O-])c4)[nH]c3cc2Cl)c(F)c1. The van der Waals surface area contributed by atoms with Gasteiger partial charge in [-0.15, -0.1) is 0 Å². The Hall–Kier alpha value is -3.58. The largest absolute Gasteiger partial charge is 0.545 e. The number of carboxylic acid groups (broad SMARTS) is 1. The Bertz CT molecular complexity index is 1290. The first-order chi connectivity index (χ1) is 14.4. The molecule has 152 valence electrons. The summed E-state index contributed by atoms with van der Waals surface area (Å²) in [6, 6.07) is 12.5. The number of aryl methyl sites for hydroxylation is 1. The second-order valence-corrected chi connectivity index (χ2v) is 7.01. The zero-order chi connectivity index (χ0) is 21.4. The summed E-state index contributed by atoms with van der Waals surface area (Å²) in [5.74, 6) is -1.08. The monoisotopic (exact) mass is 425 g/mol. The minimum atomic E-state index is -1.29. The van der Waals surface area contributed by atoms with Crippen LogP contribution in [0.5, 0.6) is 17.5 Å². The number of nitrogens with one attached hydrogen (secondary N) is 1. The van der Waals surface area contributed by atoms with E-state index in [2.05, 4.69) is 9.97 Å². The zero-order valence-corrected chi connectivity index (χ0v) is 16.7. The van der Waals surface area contributed by atoms with Crippen LogP contribution in [0.2, 0.25) is 5.02 Å². The summed E-state index contributed by atoms with van der Waals surface area (Å²) in [6.07, 6.45) is 0. The summed E-state index contributed by atoms with van der Waals surface area (Å²) in [4.78, 5) is 18.5. The minimum Gasteiger partial charge on any atom is -0.545 e. The number of aromatic nitrogens is 2. The van der Waals surface area contributed by atoms with E-state index in [0.29, 0.717) is 38.5 Å². The number of hydrogen-bond acceptors (Lipinski definition) is 5. The van der Waals surface area contributed by atoms with E-state index in [-0.39, 0.29) is 17.3 Å². The Morgan fingerprint density at radius 3 is 2.57 bits per heavy atom. The Kier molecular flexibility index (Phi) is 5.05. The first kappa shape index (κ1) is 19.7. The van der Waals surface area contributed by atoms with Gasteiger partial charge >= 0.3 is 0 Å². The molecule has 30 heavy (non-hydrogen) atoms. The molecule has 4 aromatic rings. The van der Waals surface area contributed by atoms with Crippen molar-refractivity contribution < 1.29 is 23.8 Å². The van der Waals surface area contributed by atoms with Crippen LogP contribution < -0.4 is 14.6 Å². The maximum Gasteiger partial charge on any atom is 0.300 e. The van der Waals surface area contributed by atoms with E-state index in [4.69, 9.17) is 21.1 Å². The number of methoxy groups -OCH3 is 1. The van der Waals surface area contributed by atoms with Crippen molar-refractivity contribution in [3.8, 4) is 28.6 Å². The van der Waals surface area contributed by atoms with E-state index in [1.165, 1.54) is 19.2 Å². The summed E-state index contributed by atoms with van der Waals surface area (Å²) >= 11 is 6.37. The number of H-pyrrole nitrogens is 1. The molecular formula is C22H15ClFN2O4-. The topological polar surface area (TPSA) is 87.3 Å². The lowest BCUT2D eigenvalue weighted by atomic mass is 10.0. The molecule has 0 spiro atoms. The minimum absolute atomic E-state index is 0.0314. The smallest absolute Gasteiger partial charge is 0.300 e. The summed E-state index contributed by atoms with van der Waals surface area (Å²) in [6.45, 7) is 1.66. The highest BCUT2D eigenvalue weighted by atomic mass is 35.5. The second kappa shape index (κ2) is 7.68. The van der Waals surface area contributed by atoms with E-state index in [1.807, 2.05) is 0 Å². The lowest BCUT2D eigenvalue weighted by molar-refractivity contribution is -0.255. The van der Waals surface area contributed by atoms with Gasteiger partial charge < -0.3 is 24.4 Å². The summed E-state index contributed by atoms with van der Waals surface area (Å²) in [7, 11) is 1.46. The molecule has 1 N–H and O–H groups in total. The average molecular weight is 426 g/mol. The first-order valence-electron chi connectivity index (χ1n) is 8.88. The van der Waals surface area contributed by atoms with Crippen molar-refractivity contribution in [3.63, 3.8) is 0 Å². The molecule has 0 aliphatic rings. The third-order valence-electron chi connectivity index (χ3n) is 4.66. The fourth-order valence-electron chi connectivity index (χ4n) is 3.10. The van der Waals surface area contributed by atoms with Gasteiger partial charge in [0.05, 0.1) is 29.1 Å². The summed E-state index contributed by atoms with van der Waals surface area (Å²) in [5, 5.41) is 11.5. The van der Waals surface area contributed by atoms with Crippen molar-refractivity contribution >= 4 is 28.6 Å². The van der Waals surface area contributed by atoms with Crippen LogP contribution in [-0.4, -0.2) is 23.0 Å². The van der Waals surface area contributed by atoms with Crippen molar-refractivity contribution in [3.05, 3.63) is 70.5 Å². The number of aromatic amines is 1. The molecule has 8 heteroatoms. The number of fused-ring (bicyclic) bond motifs is 1. The fourth-order valence-corrected chi connectivity index (χ4v) is 3.36. The van der Waals surface area contributed by atoms with Gasteiger partial charge in [0, 0.05) is 22.8 Å². The van der Waals surface area contributed by atoms with Crippen LogP contribution in [0.15, 0.2) is 48.5 Å². The highest BCUT2D eigenvalue weighted by molar-refractivity contribution is 6.34. The van der Waals surface area contributed by atoms with E-state index < -0.39 is 11.8 Å². The van der Waals surface area contributed by atoms with Crippen molar-refractivity contribution in [1.82, 2.24) is 9.97 Å². The second-order valence-electron chi connectivity index (χ2n) is 6.60. The molecular weight excluding hydrogens is 411 g/mol. The number of halogens is 2. The molecule has 0 radical (unpaired) electrons. The van der Waals surface area contributed by atoms with Gasteiger partial charge in [-0.05, 0) is 48.9 Å². The Balaban J connectivity index is 1.70. The van der Waals surface area contributed by atoms with E-state index in [1.54, 1.807) is 43.3 Å². The van der Waals surface area contributed by atoms with Crippen molar-refractivity contribution in [2.24, 2.45) is 0 Å². The highest BCUT2D eigenvalue weighted by Gasteiger charge is 2.14. The molecule has 6 nitrogen and oxygen atoms in total. The molecule has 0 amide bonds. The fraction of sp³-hybridized carbons (Fsp3) is 0.0909. The zero-order valence-electron chi connectivity index (χ0n) is 16.0. The molecule has 4 rings (SSSR count). The first-order valence-corrected chi connectivity index (χ1v) is 9.26. The van der Waals surface area contributed by atoms with Crippen molar-refractivity contribution in [1.29, 1.82) is 0 Å². The standard InChI is InChI=1S/C22H16ClFN2O4/c1-11-3-4-13(7-15(11)21(27)28)30-22-25-19-9-16(17(23)10-20(19)26-22)14-6-5-12(29-2)8-18(14)24/h3-10H,1-2H3,(H,25,26)(H,27,28)/p-1. The number of ether oxygens (including phenoxy) is 2. The van der Waals surface area contributed by atoms with Crippen LogP contribution in [-0.2, 0) is 0 Å². The molecule has 3 aromatic carbocycles. The number of rotatable bonds is 5. The lowest BCUT2D eigenvalue weighted by Gasteiger charge is -2.09. The van der Waals surface area contributed by atoms with E-state index >= 15 is 0 Å². The van der Waals surface area contributed by atoms with Crippen molar-refractivity contribution in [2.45, 2.75) is 6.92 Å². The van der Waals surface area contributed by atoms with Gasteiger partial charge in [0.2, 0.25) is 0 Å². The molecule has 0 atom stereocenters. The van der Waals surface area contributed by atoms with Gasteiger partial charge in [0.25, 0.3) is 6.01 Å². The number of carboxylic acids is 1. The normalized spacial score (nSPS) is 10.9. The number of nitrogens with zero attached hydrogens (tertiary/aromatic N) is 1. The molecule has 0 fully saturated rings. The van der Waals surface area contributed by atoms with Gasteiger partial charge in [-0.1, -0.05) is 17.7 Å². The summed E-state index contributed by atoms with van der Waals surface area (Å²) in [5.41, 5.74) is 2.46. The number of aromatic carboxylic acids is 1. The maximum atomic E-state index is 14.5. The molecule has 0 aliphatic carbocycles. The average Bonchev–Trinajstić information content (AvgIpc) is 3.09. The number of benzene rings is 3. The molecule has 0 saturated heterocycles. The van der Waals surface area contributed by atoms with E-state index in [9.17, 15) is 14.3 Å². The predicted octanol–water partition coefficient (Wildman–Crippen LogP) is 4.50. The van der Waals surface area contributed by atoms with Crippen LogP contribution in [0.25, 0.3) is 22.2 Å². The lowest BCUT2D eigenvalue weighted by Crippen LogP contribution is -2.23. The van der Waals surface area contributed by atoms with Crippen LogP contribution in [0.1, 0.15) is 15.9 Å². The van der Waals surface area contributed by atoms with Gasteiger partial charge in [-0.3, -0.25) is 0 Å². The maximum absolute atomic E-state index is 14.5. The van der Waals surface area contributed by atoms with Gasteiger partial charge in [-0.25, -0.2) is 4.39 Å². The number of hydrogen-bond donors (Lipinski definition) is 1. The van der Waals surface area contributed by atoms with Crippen LogP contribution >= 0.6 is 11.6 Å². The number of carbonyl (C=O) groups excluding carboxylic acids is 1. The van der Waals surface area contributed by atoms with Crippen LogP contribution in [0.3, 0.4) is 0 Å². The Morgan fingerprint density at radius 2 is 1.87 bits per heavy atom. The van der Waals surface area contributed by atoms with Gasteiger partial charge in [0.15, 0.2) is 0 Å². The molecule has 0 bridgehead atoms. The van der Waals surface area contributed by atoms with E-state index in [0.717, 1.165) is 0 Å². The number of carbonyl (C=O) groups is 1. The molecule has 0 aliphatic heterocycles. The highest BCUT2D eigenvalue weighted by Crippen LogP contribution is 2.35. The predicted molar refractivity (Wildman–Crippen MR) is 109 cm³/mol. The molecule has 1 aromatic heterocycles. The van der Waals surface area contributed by atoms with Crippen LogP contribution in [0.4, 0.5) is 4.39 Å². The van der Waals surface area contributed by atoms with Crippen molar-refractivity contribution in [2.75, 3.05) is 7.11 Å². The van der Waals surface area contributed by atoms with Gasteiger partial charge in [-0.2, -0.15) is 4.98 Å². The van der Waals surface area contributed by atoms with Gasteiger partial charge in [0.1, 0.15) is 17.3 Å². The summed E-state index contributed by atoms with van der Waals surface area (Å²) < 4.78 is 25.2. The Morgan fingerprint density at radius 1 is 1.10 bits per heavy atom. The van der Waals surface area contributed by atoms with Crippen LogP contribution in [0, 0.1) is 12.7 Å².